The number of hydrogen-bond acceptors (Lipinski definition) is 5. The molecular formula is C21H21NO5S. The van der Waals surface area contributed by atoms with Crippen molar-refractivity contribution in [3.05, 3.63) is 35.2 Å². The normalized spacial score (nSPS) is 25.6. The first-order chi connectivity index (χ1) is 13.6. The molecule has 1 aliphatic carbocycles. The molecule has 1 N–H and O–H groups in total. The molecule has 2 fully saturated rings. The zero-order valence-electron chi connectivity index (χ0n) is 15.3. The van der Waals surface area contributed by atoms with Crippen molar-refractivity contribution in [2.45, 2.75) is 25.3 Å². The Morgan fingerprint density at radius 3 is 2.71 bits per heavy atom. The standard InChI is InChI=1S/C21H21NO5S/c23-20(22-11-13-2-1-3-14(13)19(22)21(24)25)18-7-6-17(28-18)12-4-5-15-16(10-12)27-9-8-26-15/h4-7,10,13-14,19H,1-3,8-9,11H2,(H,24,25). The largest absolute Gasteiger partial charge is 0.486 e. The van der Waals surface area contributed by atoms with Crippen LogP contribution < -0.4 is 9.47 Å². The molecule has 2 aliphatic heterocycles. The van der Waals surface area contributed by atoms with E-state index < -0.39 is 12.0 Å². The van der Waals surface area contributed by atoms with Gasteiger partial charge in [0.2, 0.25) is 0 Å². The summed E-state index contributed by atoms with van der Waals surface area (Å²) in [4.78, 5) is 28.0. The minimum atomic E-state index is -0.883. The number of hydrogen-bond donors (Lipinski definition) is 1. The highest BCUT2D eigenvalue weighted by Gasteiger charge is 2.49. The first-order valence-electron chi connectivity index (χ1n) is 9.65. The molecule has 1 amide bonds. The first-order valence-corrected chi connectivity index (χ1v) is 10.5. The lowest BCUT2D eigenvalue weighted by molar-refractivity contribution is -0.142. The van der Waals surface area contributed by atoms with Gasteiger partial charge in [-0.3, -0.25) is 4.79 Å². The second-order valence-electron chi connectivity index (χ2n) is 7.62. The van der Waals surface area contributed by atoms with Crippen LogP contribution in [0.5, 0.6) is 11.5 Å². The quantitative estimate of drug-likeness (QED) is 0.855. The topological polar surface area (TPSA) is 76.1 Å². The maximum absolute atomic E-state index is 13.1. The Hall–Kier alpha value is -2.54. The number of carboxylic acid groups (broad SMARTS) is 1. The van der Waals surface area contributed by atoms with Crippen LogP contribution in [0.25, 0.3) is 10.4 Å². The van der Waals surface area contributed by atoms with Crippen molar-refractivity contribution in [1.82, 2.24) is 4.90 Å². The molecule has 1 saturated heterocycles. The van der Waals surface area contributed by atoms with Gasteiger partial charge < -0.3 is 19.5 Å². The second kappa shape index (κ2) is 6.81. The lowest BCUT2D eigenvalue weighted by Crippen LogP contribution is -2.43. The van der Waals surface area contributed by atoms with E-state index in [9.17, 15) is 14.7 Å². The highest BCUT2D eigenvalue weighted by molar-refractivity contribution is 7.17. The SMILES string of the molecule is O=C(O)C1C2CCCC2CN1C(=O)c1ccc(-c2ccc3c(c2)OCCO3)s1. The van der Waals surface area contributed by atoms with Gasteiger partial charge >= 0.3 is 5.97 Å². The Labute approximate surface area is 166 Å². The summed E-state index contributed by atoms with van der Waals surface area (Å²) >= 11 is 1.39. The number of carbonyl (C=O) groups excluding carboxylic acids is 1. The van der Waals surface area contributed by atoms with Crippen molar-refractivity contribution < 1.29 is 24.2 Å². The Kier molecular flexibility index (Phi) is 4.27. The Bertz CT molecular complexity index is 939. The minimum Gasteiger partial charge on any atom is -0.486 e. The van der Waals surface area contributed by atoms with E-state index in [0.717, 1.165) is 35.5 Å². The number of benzene rings is 1. The lowest BCUT2D eigenvalue weighted by atomic mass is 9.94. The molecule has 3 atom stereocenters. The molecule has 0 bridgehead atoms. The van der Waals surface area contributed by atoms with Crippen molar-refractivity contribution in [2.75, 3.05) is 19.8 Å². The number of aliphatic carboxylic acids is 1. The van der Waals surface area contributed by atoms with Gasteiger partial charge in [-0.1, -0.05) is 6.42 Å². The Morgan fingerprint density at radius 2 is 1.89 bits per heavy atom. The third kappa shape index (κ3) is 2.85. The summed E-state index contributed by atoms with van der Waals surface area (Å²) in [5.41, 5.74) is 0.960. The van der Waals surface area contributed by atoms with Gasteiger partial charge in [-0.2, -0.15) is 0 Å². The number of amides is 1. The van der Waals surface area contributed by atoms with Crippen molar-refractivity contribution in [2.24, 2.45) is 11.8 Å². The smallest absolute Gasteiger partial charge is 0.326 e. The predicted octanol–water partition coefficient (Wildman–Crippen LogP) is 3.51. The summed E-state index contributed by atoms with van der Waals surface area (Å²) in [7, 11) is 0. The van der Waals surface area contributed by atoms with Crippen LogP contribution >= 0.6 is 11.3 Å². The van der Waals surface area contributed by atoms with Crippen LogP contribution in [0, 0.1) is 11.8 Å². The molecule has 0 radical (unpaired) electrons. The highest BCUT2D eigenvalue weighted by Crippen LogP contribution is 2.43. The number of rotatable bonds is 3. The predicted molar refractivity (Wildman–Crippen MR) is 104 cm³/mol. The van der Waals surface area contributed by atoms with Crippen LogP contribution in [0.4, 0.5) is 0 Å². The van der Waals surface area contributed by atoms with Crippen LogP contribution in [0.1, 0.15) is 28.9 Å². The van der Waals surface area contributed by atoms with Gasteiger partial charge in [-0.25, -0.2) is 4.79 Å². The monoisotopic (exact) mass is 399 g/mol. The van der Waals surface area contributed by atoms with Crippen molar-refractivity contribution >= 4 is 23.2 Å². The Balaban J connectivity index is 1.40. The summed E-state index contributed by atoms with van der Waals surface area (Å²) in [6.07, 6.45) is 2.98. The van der Waals surface area contributed by atoms with E-state index in [1.54, 1.807) is 11.0 Å². The molecule has 2 aromatic rings. The van der Waals surface area contributed by atoms with E-state index >= 15 is 0 Å². The summed E-state index contributed by atoms with van der Waals surface area (Å²) < 4.78 is 11.2. The highest BCUT2D eigenvalue weighted by atomic mass is 32.1. The fourth-order valence-electron chi connectivity index (χ4n) is 4.78. The number of fused-ring (bicyclic) bond motifs is 2. The summed E-state index contributed by atoms with van der Waals surface area (Å²) in [5.74, 6) is 0.807. The van der Waals surface area contributed by atoms with Crippen molar-refractivity contribution in [3.63, 3.8) is 0 Å². The van der Waals surface area contributed by atoms with E-state index in [0.29, 0.717) is 36.3 Å². The van der Waals surface area contributed by atoms with Crippen LogP contribution in [-0.4, -0.2) is 47.7 Å². The first kappa shape index (κ1) is 17.6. The Morgan fingerprint density at radius 1 is 1.07 bits per heavy atom. The number of ether oxygens (including phenoxy) is 2. The fourth-order valence-corrected chi connectivity index (χ4v) is 5.74. The molecule has 1 aromatic heterocycles. The van der Waals surface area contributed by atoms with Gasteiger partial charge in [-0.05, 0) is 60.6 Å². The molecular weight excluding hydrogens is 378 g/mol. The molecule has 1 saturated carbocycles. The van der Waals surface area contributed by atoms with Crippen molar-refractivity contribution in [1.29, 1.82) is 0 Å². The molecule has 0 spiro atoms. The number of nitrogens with zero attached hydrogens (tertiary/aromatic N) is 1. The molecule has 146 valence electrons. The molecule has 1 aromatic carbocycles. The molecule has 3 heterocycles. The molecule has 6 nitrogen and oxygen atoms in total. The van der Waals surface area contributed by atoms with Gasteiger partial charge in [0.1, 0.15) is 19.3 Å². The number of carboxylic acids is 1. The molecule has 5 rings (SSSR count). The van der Waals surface area contributed by atoms with E-state index in [2.05, 4.69) is 0 Å². The number of carbonyl (C=O) groups is 2. The van der Waals surface area contributed by atoms with E-state index in [1.165, 1.54) is 11.3 Å². The van der Waals surface area contributed by atoms with Gasteiger partial charge in [0.05, 0.1) is 4.88 Å². The second-order valence-corrected chi connectivity index (χ2v) is 8.70. The third-order valence-electron chi connectivity index (χ3n) is 6.05. The fraction of sp³-hybridized carbons (Fsp3) is 0.429. The molecule has 3 aliphatic rings. The maximum Gasteiger partial charge on any atom is 0.326 e. The lowest BCUT2D eigenvalue weighted by Gasteiger charge is -2.23. The van der Waals surface area contributed by atoms with Gasteiger partial charge in [0, 0.05) is 11.4 Å². The van der Waals surface area contributed by atoms with Crippen LogP contribution in [0.3, 0.4) is 0 Å². The third-order valence-corrected chi connectivity index (χ3v) is 7.17. The van der Waals surface area contributed by atoms with Crippen LogP contribution in [-0.2, 0) is 4.79 Å². The number of likely N-dealkylation sites (tertiary alicyclic amines) is 1. The minimum absolute atomic E-state index is 0.0960. The summed E-state index contributed by atoms with van der Waals surface area (Å²) in [6.45, 7) is 1.63. The molecule has 28 heavy (non-hydrogen) atoms. The average molecular weight is 399 g/mol. The van der Waals surface area contributed by atoms with Crippen LogP contribution in [0.2, 0.25) is 0 Å². The van der Waals surface area contributed by atoms with E-state index in [-0.39, 0.29) is 11.8 Å². The summed E-state index contributed by atoms with van der Waals surface area (Å²) in [5, 5.41) is 9.71. The average Bonchev–Trinajstić information content (AvgIpc) is 3.42. The number of thiophene rings is 1. The molecule has 3 unspecified atom stereocenters. The van der Waals surface area contributed by atoms with Gasteiger partial charge in [0.25, 0.3) is 5.91 Å². The van der Waals surface area contributed by atoms with Gasteiger partial charge in [-0.15, -0.1) is 11.3 Å². The van der Waals surface area contributed by atoms with E-state index in [1.807, 2.05) is 24.3 Å². The van der Waals surface area contributed by atoms with Crippen LogP contribution in [0.15, 0.2) is 30.3 Å². The van der Waals surface area contributed by atoms with Crippen molar-refractivity contribution in [3.8, 4) is 21.9 Å². The van der Waals surface area contributed by atoms with Gasteiger partial charge in [0.15, 0.2) is 11.5 Å². The maximum atomic E-state index is 13.1. The zero-order chi connectivity index (χ0) is 19.3. The summed E-state index contributed by atoms with van der Waals surface area (Å²) in [6, 6.07) is 8.78. The molecule has 7 heteroatoms. The van der Waals surface area contributed by atoms with E-state index in [4.69, 9.17) is 9.47 Å². The zero-order valence-corrected chi connectivity index (χ0v) is 16.1.